The molecule has 1 aliphatic heterocycles. The van der Waals surface area contributed by atoms with Gasteiger partial charge in [-0.05, 0) is 44.0 Å². The number of carbonyl (C=O) groups is 2. The third-order valence-corrected chi connectivity index (χ3v) is 4.63. The number of aliphatic carboxylic acids is 1. The predicted octanol–water partition coefficient (Wildman–Crippen LogP) is 3.68. The molecule has 3 rings (SSSR count). The van der Waals surface area contributed by atoms with E-state index < -0.39 is 17.4 Å². The molecule has 1 unspecified atom stereocenters. The van der Waals surface area contributed by atoms with Gasteiger partial charge in [0.05, 0.1) is 5.02 Å². The summed E-state index contributed by atoms with van der Waals surface area (Å²) in [4.78, 5) is 25.5. The molecule has 2 heterocycles. The van der Waals surface area contributed by atoms with Gasteiger partial charge in [-0.1, -0.05) is 23.7 Å². The zero-order chi connectivity index (χ0) is 16.6. The van der Waals surface area contributed by atoms with Gasteiger partial charge >= 0.3 is 5.97 Å². The molecule has 0 saturated carbocycles. The number of furan rings is 1. The van der Waals surface area contributed by atoms with Crippen LogP contribution in [0.4, 0.5) is 0 Å². The molecular formula is C17H16ClNO4. The van der Waals surface area contributed by atoms with Gasteiger partial charge < -0.3 is 14.4 Å². The minimum absolute atomic E-state index is 0.120. The maximum atomic E-state index is 12.6. The van der Waals surface area contributed by atoms with Crippen LogP contribution in [0.25, 0.3) is 11.3 Å². The van der Waals surface area contributed by atoms with Crippen molar-refractivity contribution in [3.05, 3.63) is 47.2 Å². The average Bonchev–Trinajstić information content (AvgIpc) is 3.15. The highest BCUT2D eigenvalue weighted by atomic mass is 35.5. The summed E-state index contributed by atoms with van der Waals surface area (Å²) in [6.45, 7) is 1.97. The number of amides is 1. The van der Waals surface area contributed by atoms with Gasteiger partial charge in [0.2, 0.25) is 0 Å². The molecule has 0 bridgehead atoms. The van der Waals surface area contributed by atoms with E-state index in [4.69, 9.17) is 16.0 Å². The van der Waals surface area contributed by atoms with E-state index in [0.717, 1.165) is 0 Å². The molecular weight excluding hydrogens is 318 g/mol. The second-order valence-corrected chi connectivity index (χ2v) is 6.19. The molecule has 1 saturated heterocycles. The highest BCUT2D eigenvalue weighted by molar-refractivity contribution is 6.33. The Morgan fingerprint density at radius 1 is 1.26 bits per heavy atom. The lowest BCUT2D eigenvalue weighted by molar-refractivity contribution is -0.147. The van der Waals surface area contributed by atoms with Crippen molar-refractivity contribution in [1.82, 2.24) is 4.90 Å². The number of nitrogens with zero attached hydrogens (tertiary/aromatic N) is 1. The summed E-state index contributed by atoms with van der Waals surface area (Å²) in [5.41, 5.74) is -0.496. The molecule has 23 heavy (non-hydrogen) atoms. The van der Waals surface area contributed by atoms with E-state index in [1.165, 1.54) is 4.90 Å². The number of carboxylic acids is 1. The predicted molar refractivity (Wildman–Crippen MR) is 85.5 cm³/mol. The van der Waals surface area contributed by atoms with Crippen LogP contribution in [-0.2, 0) is 4.79 Å². The van der Waals surface area contributed by atoms with Crippen molar-refractivity contribution in [3.8, 4) is 11.3 Å². The first-order chi connectivity index (χ1) is 10.9. The van der Waals surface area contributed by atoms with Crippen LogP contribution >= 0.6 is 11.6 Å². The fraction of sp³-hybridized carbons (Fsp3) is 0.294. The summed E-state index contributed by atoms with van der Waals surface area (Å²) in [6.07, 6.45) is 1.10. The number of likely N-dealkylation sites (tertiary alicyclic amines) is 1. The molecule has 1 fully saturated rings. The fourth-order valence-electron chi connectivity index (χ4n) is 2.90. The quantitative estimate of drug-likeness (QED) is 0.930. The number of rotatable bonds is 3. The van der Waals surface area contributed by atoms with Crippen LogP contribution in [0.2, 0.25) is 5.02 Å². The monoisotopic (exact) mass is 333 g/mol. The molecule has 120 valence electrons. The molecule has 6 heteroatoms. The Morgan fingerprint density at radius 3 is 2.70 bits per heavy atom. The second kappa shape index (κ2) is 5.74. The summed E-state index contributed by atoms with van der Waals surface area (Å²) in [5.74, 6) is -0.809. The Labute approximate surface area is 138 Å². The molecule has 1 amide bonds. The maximum Gasteiger partial charge on any atom is 0.329 e. The van der Waals surface area contributed by atoms with Crippen molar-refractivity contribution in [2.45, 2.75) is 25.3 Å². The third kappa shape index (κ3) is 2.61. The zero-order valence-electron chi connectivity index (χ0n) is 12.6. The van der Waals surface area contributed by atoms with E-state index in [-0.39, 0.29) is 5.76 Å². The molecule has 0 spiro atoms. The normalized spacial score (nSPS) is 20.7. The smallest absolute Gasteiger partial charge is 0.329 e. The number of carboxylic acid groups (broad SMARTS) is 1. The first kappa shape index (κ1) is 15.6. The van der Waals surface area contributed by atoms with Crippen molar-refractivity contribution < 1.29 is 19.1 Å². The highest BCUT2D eigenvalue weighted by Gasteiger charge is 2.46. The summed E-state index contributed by atoms with van der Waals surface area (Å²) in [5, 5.41) is 9.94. The van der Waals surface area contributed by atoms with Crippen LogP contribution < -0.4 is 0 Å². The van der Waals surface area contributed by atoms with Crippen LogP contribution in [-0.4, -0.2) is 34.0 Å². The van der Waals surface area contributed by atoms with Gasteiger partial charge in [-0.25, -0.2) is 4.79 Å². The van der Waals surface area contributed by atoms with Crippen LogP contribution in [0.5, 0.6) is 0 Å². The number of halogens is 1. The Hall–Kier alpha value is -2.27. The van der Waals surface area contributed by atoms with Crippen molar-refractivity contribution in [1.29, 1.82) is 0 Å². The number of hydrogen-bond donors (Lipinski definition) is 1. The molecule has 1 atom stereocenters. The van der Waals surface area contributed by atoms with Gasteiger partial charge in [0.25, 0.3) is 5.91 Å². The molecule has 1 N–H and O–H groups in total. The molecule has 1 aromatic carbocycles. The lowest BCUT2D eigenvalue weighted by Crippen LogP contribution is -2.50. The Kier molecular flexibility index (Phi) is 3.90. The van der Waals surface area contributed by atoms with Gasteiger partial charge in [0, 0.05) is 12.1 Å². The molecule has 2 aromatic rings. The molecule has 0 radical (unpaired) electrons. The molecule has 5 nitrogen and oxygen atoms in total. The first-order valence-corrected chi connectivity index (χ1v) is 7.71. The minimum Gasteiger partial charge on any atom is -0.480 e. The van der Waals surface area contributed by atoms with Crippen LogP contribution in [0, 0.1) is 0 Å². The van der Waals surface area contributed by atoms with E-state index in [2.05, 4.69) is 0 Å². The molecule has 1 aromatic heterocycles. The largest absolute Gasteiger partial charge is 0.480 e. The van der Waals surface area contributed by atoms with Gasteiger partial charge in [0.1, 0.15) is 11.3 Å². The second-order valence-electron chi connectivity index (χ2n) is 5.78. The Bertz CT molecular complexity index is 769. The van der Waals surface area contributed by atoms with E-state index in [9.17, 15) is 14.7 Å². The van der Waals surface area contributed by atoms with E-state index in [0.29, 0.717) is 35.7 Å². The van der Waals surface area contributed by atoms with Crippen molar-refractivity contribution in [3.63, 3.8) is 0 Å². The lowest BCUT2D eigenvalue weighted by atomic mass is 9.99. The topological polar surface area (TPSA) is 70.8 Å². The number of carbonyl (C=O) groups excluding carboxylic acids is 1. The highest BCUT2D eigenvalue weighted by Crippen LogP contribution is 2.33. The first-order valence-electron chi connectivity index (χ1n) is 7.33. The Balaban J connectivity index is 1.90. The van der Waals surface area contributed by atoms with Gasteiger partial charge in [-0.15, -0.1) is 0 Å². The standard InChI is InChI=1S/C17H16ClNO4/c1-17(16(21)22)9-4-10-19(17)15(20)14-8-7-13(23-14)11-5-2-3-6-12(11)18/h2-3,5-8H,4,9-10H2,1H3,(H,21,22). The maximum absolute atomic E-state index is 12.6. The summed E-state index contributed by atoms with van der Waals surface area (Å²) >= 11 is 6.13. The van der Waals surface area contributed by atoms with Crippen LogP contribution in [0.1, 0.15) is 30.3 Å². The van der Waals surface area contributed by atoms with Crippen molar-refractivity contribution in [2.24, 2.45) is 0 Å². The Morgan fingerprint density at radius 2 is 2.00 bits per heavy atom. The van der Waals surface area contributed by atoms with Gasteiger partial charge in [-0.3, -0.25) is 4.79 Å². The molecule has 1 aliphatic rings. The minimum atomic E-state index is -1.19. The fourth-order valence-corrected chi connectivity index (χ4v) is 3.13. The zero-order valence-corrected chi connectivity index (χ0v) is 13.3. The summed E-state index contributed by atoms with van der Waals surface area (Å²) < 4.78 is 5.63. The van der Waals surface area contributed by atoms with Crippen LogP contribution in [0.15, 0.2) is 40.8 Å². The number of benzene rings is 1. The van der Waals surface area contributed by atoms with E-state index in [1.807, 2.05) is 12.1 Å². The van der Waals surface area contributed by atoms with E-state index >= 15 is 0 Å². The lowest BCUT2D eigenvalue weighted by Gasteiger charge is -2.30. The van der Waals surface area contributed by atoms with Crippen molar-refractivity contribution in [2.75, 3.05) is 6.54 Å². The average molecular weight is 334 g/mol. The molecule has 0 aliphatic carbocycles. The summed E-state index contributed by atoms with van der Waals surface area (Å²) in [6, 6.07) is 10.4. The van der Waals surface area contributed by atoms with Crippen LogP contribution in [0.3, 0.4) is 0 Å². The van der Waals surface area contributed by atoms with E-state index in [1.54, 1.807) is 31.2 Å². The SMILES string of the molecule is CC1(C(=O)O)CCCN1C(=O)c1ccc(-c2ccccc2Cl)o1. The van der Waals surface area contributed by atoms with Crippen molar-refractivity contribution >= 4 is 23.5 Å². The summed E-state index contributed by atoms with van der Waals surface area (Å²) in [7, 11) is 0. The third-order valence-electron chi connectivity index (χ3n) is 4.30. The van der Waals surface area contributed by atoms with Gasteiger partial charge in [-0.2, -0.15) is 0 Å². The number of hydrogen-bond acceptors (Lipinski definition) is 3. The van der Waals surface area contributed by atoms with Gasteiger partial charge in [0.15, 0.2) is 5.76 Å².